The molecular weight excluding hydrogens is 946 g/mol. The van der Waals surface area contributed by atoms with Crippen molar-refractivity contribution in [3.63, 3.8) is 0 Å². The van der Waals surface area contributed by atoms with E-state index in [4.69, 9.17) is 26.2 Å². The predicted molar refractivity (Wildman–Crippen MR) is 139 cm³/mol. The molecule has 2 aliphatic heterocycles. The topological polar surface area (TPSA) is 127 Å². The standard InChI is InChI=1S/C7H8BN3O2.C6H5BN2O2.I3.I2/c1-13-10-6-4-11(7(8)12)3-5(6)2-9;7-6(11)9-2-4(1-8)5(10)3-9;1-3-2;1-2/h5H,3-4H2,1H3;4H,2-3H2;;/q;;-1;/b10-6+;;;. The van der Waals surface area contributed by atoms with Crippen molar-refractivity contribution >= 4 is 113 Å². The number of oxime groups is 1. The fourth-order valence-electron chi connectivity index (χ4n) is 2.15. The minimum Gasteiger partial charge on any atom is -0.399 e. The zero-order chi connectivity index (χ0) is 23.0. The van der Waals surface area contributed by atoms with Gasteiger partial charge in [0, 0.05) is 50.3 Å². The quantitative estimate of drug-likeness (QED) is 0.200. The monoisotopic (exact) mass is 960 g/mol. The van der Waals surface area contributed by atoms with Crippen LogP contribution in [0.25, 0.3) is 0 Å². The zero-order valence-corrected chi connectivity index (χ0v) is 25.7. The van der Waals surface area contributed by atoms with Gasteiger partial charge in [-0.15, -0.1) is 0 Å². The summed E-state index contributed by atoms with van der Waals surface area (Å²) < 4.78 is 0. The van der Waals surface area contributed by atoms with Crippen LogP contribution in [0.1, 0.15) is 0 Å². The molecule has 0 N–H and O–H groups in total. The van der Waals surface area contributed by atoms with Gasteiger partial charge < -0.3 is 14.6 Å². The molecule has 4 radical (unpaired) electrons. The summed E-state index contributed by atoms with van der Waals surface area (Å²) in [4.78, 5) is 39.2. The van der Waals surface area contributed by atoms with Crippen LogP contribution >= 0.6 is 74.5 Å². The van der Waals surface area contributed by atoms with E-state index in [-0.39, 0.29) is 25.4 Å². The van der Waals surface area contributed by atoms with Gasteiger partial charge in [-0.25, -0.2) is 0 Å². The average molecular weight is 959 g/mol. The molecule has 0 aromatic heterocycles. The summed E-state index contributed by atoms with van der Waals surface area (Å²) in [6.07, 6.45) is 0. The third-order valence-corrected chi connectivity index (χ3v) is 3.44. The van der Waals surface area contributed by atoms with Gasteiger partial charge in [-0.1, -0.05) is 5.16 Å². The number of nitrogens with zero attached hydrogens (tertiary/aromatic N) is 5. The third-order valence-electron chi connectivity index (χ3n) is 3.44. The Kier molecular flexibility index (Phi) is 21.6. The number of likely N-dealkylation sites (tertiary alicyclic amines) is 2. The summed E-state index contributed by atoms with van der Waals surface area (Å²) in [5, 5.41) is 20.7. The molecule has 2 saturated heterocycles. The summed E-state index contributed by atoms with van der Waals surface area (Å²) in [5.41, 5.74) is 0.545. The van der Waals surface area contributed by atoms with E-state index in [1.165, 1.54) is 12.0 Å². The second kappa shape index (κ2) is 19.5. The van der Waals surface area contributed by atoms with Crippen molar-refractivity contribution in [1.29, 1.82) is 10.5 Å². The maximum absolute atomic E-state index is 10.8. The van der Waals surface area contributed by atoms with Crippen LogP contribution in [0.5, 0.6) is 0 Å². The molecule has 2 rings (SSSR count). The molecule has 0 saturated carbocycles. The second-order valence-electron chi connectivity index (χ2n) is 5.09. The molecule has 16 heteroatoms. The van der Waals surface area contributed by atoms with Crippen LogP contribution in [0, 0.1) is 34.5 Å². The van der Waals surface area contributed by atoms with E-state index in [9.17, 15) is 14.4 Å². The molecule has 0 bridgehead atoms. The van der Waals surface area contributed by atoms with Crippen molar-refractivity contribution in [1.82, 2.24) is 9.80 Å². The van der Waals surface area contributed by atoms with Gasteiger partial charge in [-0.3, -0.25) is 14.4 Å². The van der Waals surface area contributed by atoms with Gasteiger partial charge in [0.15, 0.2) is 17.4 Å². The molecule has 29 heavy (non-hydrogen) atoms. The molecule has 0 aromatic carbocycles. The Morgan fingerprint density at radius 1 is 1.10 bits per heavy atom. The summed E-state index contributed by atoms with van der Waals surface area (Å²) in [5.74, 6) is -2.49. The van der Waals surface area contributed by atoms with Crippen molar-refractivity contribution < 1.29 is 32.5 Å². The summed E-state index contributed by atoms with van der Waals surface area (Å²) in [7, 11) is 11.4. The van der Waals surface area contributed by atoms with E-state index < -0.39 is 23.4 Å². The summed E-state index contributed by atoms with van der Waals surface area (Å²) in [6, 6.07) is 3.82. The van der Waals surface area contributed by atoms with E-state index in [1.54, 1.807) is 6.07 Å². The Morgan fingerprint density at radius 3 is 1.83 bits per heavy atom. The van der Waals surface area contributed by atoms with Crippen molar-refractivity contribution in [3.8, 4) is 12.1 Å². The molecular formula is C13H13B2I5N5O4-. The zero-order valence-electron chi connectivity index (χ0n) is 14.9. The number of ketones is 1. The first-order valence-electron chi connectivity index (χ1n) is 7.27. The molecule has 2 atom stereocenters. The van der Waals surface area contributed by atoms with E-state index >= 15 is 0 Å². The first-order chi connectivity index (χ1) is 13.7. The number of hydrogen-bond donors (Lipinski definition) is 0. The van der Waals surface area contributed by atoms with Gasteiger partial charge in [0.2, 0.25) is 15.7 Å². The van der Waals surface area contributed by atoms with E-state index in [0.29, 0.717) is 25.5 Å². The predicted octanol–water partition coefficient (Wildman–Crippen LogP) is -0.421. The molecule has 2 aliphatic rings. The molecule has 0 aliphatic carbocycles. The van der Waals surface area contributed by atoms with Gasteiger partial charge in [0.05, 0.1) is 30.9 Å². The number of carbonyl (C=O) groups excluding carboxylic acids is 3. The number of nitriles is 2. The van der Waals surface area contributed by atoms with Crippen molar-refractivity contribution in [3.05, 3.63) is 0 Å². The third kappa shape index (κ3) is 13.1. The fraction of sp³-hybridized carbons (Fsp3) is 0.538. The van der Waals surface area contributed by atoms with Crippen molar-refractivity contribution in [2.75, 3.05) is 33.3 Å². The molecule has 2 fully saturated rings. The molecule has 156 valence electrons. The normalized spacial score (nSPS) is 20.8. The maximum Gasteiger partial charge on any atom is 0.200 e. The van der Waals surface area contributed by atoms with Gasteiger partial charge in [0.25, 0.3) is 0 Å². The molecule has 2 amide bonds. The first kappa shape index (κ1) is 32.0. The molecule has 9 nitrogen and oxygen atoms in total. The Hall–Kier alpha value is 0.840. The van der Waals surface area contributed by atoms with Gasteiger partial charge >= 0.3 is 50.5 Å². The first-order valence-corrected chi connectivity index (χ1v) is 26.1. The van der Waals surface area contributed by atoms with E-state index in [2.05, 4.69) is 84.5 Å². The van der Waals surface area contributed by atoms with Crippen LogP contribution in [-0.4, -0.2) is 81.9 Å². The van der Waals surface area contributed by atoms with Crippen LogP contribution < -0.4 is 13.3 Å². The Balaban J connectivity index is 0. The number of carbonyl (C=O) groups is 3. The number of Topliss-reactive ketones (excluding diaryl/α,β-unsaturated/α-hetero) is 1. The number of hydrogen-bond acceptors (Lipinski definition) is 7. The van der Waals surface area contributed by atoms with Gasteiger partial charge in [-0.2, -0.15) is 10.5 Å². The maximum atomic E-state index is 10.8. The van der Waals surface area contributed by atoms with Crippen LogP contribution in [0.2, 0.25) is 0 Å². The Morgan fingerprint density at radius 2 is 1.52 bits per heavy atom. The van der Waals surface area contributed by atoms with Crippen LogP contribution in [0.4, 0.5) is 9.59 Å². The van der Waals surface area contributed by atoms with E-state index in [1.807, 2.05) is 6.07 Å². The van der Waals surface area contributed by atoms with Gasteiger partial charge in [-0.05, 0) is 0 Å². The molecule has 0 aromatic rings. The number of amides is 2. The largest absolute Gasteiger partial charge is 0.399 e. The Bertz CT molecular complexity index is 673. The molecule has 2 unspecified atom stereocenters. The minimum atomic E-state index is -0.678. The SMILES string of the molecule is II.I[I-]I.[B]C(=O)N1C/C(=N\OC)C(C#N)C1.[B]C(=O)N1CC(=O)C(C#N)C1. The van der Waals surface area contributed by atoms with Crippen molar-refractivity contribution in [2.45, 2.75) is 0 Å². The molecule has 2 heterocycles. The summed E-state index contributed by atoms with van der Waals surface area (Å²) in [6.45, 7) is 0.702. The smallest absolute Gasteiger partial charge is 0.200 e. The number of rotatable bonds is 1. The van der Waals surface area contributed by atoms with E-state index in [0.717, 1.165) is 4.90 Å². The van der Waals surface area contributed by atoms with Crippen LogP contribution in [0.3, 0.4) is 0 Å². The Labute approximate surface area is 225 Å². The molecule has 0 spiro atoms. The second-order valence-corrected chi connectivity index (χ2v) is 21.3. The average Bonchev–Trinajstić information content (AvgIpc) is 3.28. The van der Waals surface area contributed by atoms with Crippen molar-refractivity contribution in [2.24, 2.45) is 17.0 Å². The number of halogens is 5. The van der Waals surface area contributed by atoms with Crippen LogP contribution in [-0.2, 0) is 9.63 Å². The summed E-state index contributed by atoms with van der Waals surface area (Å²) >= 11 is 9.54. The minimum absolute atomic E-state index is 0.0203. The van der Waals surface area contributed by atoms with Crippen LogP contribution in [0.15, 0.2) is 5.16 Å². The van der Waals surface area contributed by atoms with Gasteiger partial charge in [0.1, 0.15) is 18.9 Å². The fourth-order valence-corrected chi connectivity index (χ4v) is 2.15.